The first-order valence-corrected chi connectivity index (χ1v) is 5.58. The van der Waals surface area contributed by atoms with Gasteiger partial charge < -0.3 is 0 Å². The highest BCUT2D eigenvalue weighted by Gasteiger charge is 2.21. The molecule has 0 spiro atoms. The lowest BCUT2D eigenvalue weighted by Gasteiger charge is -2.31. The van der Waals surface area contributed by atoms with E-state index in [0.717, 1.165) is 19.5 Å². The van der Waals surface area contributed by atoms with Crippen molar-refractivity contribution >= 4 is 0 Å². The Balaban J connectivity index is 2.01. The van der Waals surface area contributed by atoms with Crippen molar-refractivity contribution in [2.24, 2.45) is 0 Å². The minimum absolute atomic E-state index is 0.124. The lowest BCUT2D eigenvalue weighted by atomic mass is 10.0. The topological polar surface area (TPSA) is 27.0 Å². The third kappa shape index (κ3) is 2.57. The van der Waals surface area contributed by atoms with Gasteiger partial charge in [-0.25, -0.2) is 0 Å². The fraction of sp³-hybridized carbons (Fsp3) is 0.462. The molecule has 1 atom stereocenters. The zero-order valence-electron chi connectivity index (χ0n) is 8.89. The van der Waals surface area contributed by atoms with Crippen molar-refractivity contribution in [3.05, 3.63) is 35.9 Å². The van der Waals surface area contributed by atoms with Crippen LogP contribution in [0.15, 0.2) is 30.3 Å². The summed E-state index contributed by atoms with van der Waals surface area (Å²) in [6, 6.07) is 12.9. The molecule has 1 aliphatic heterocycles. The van der Waals surface area contributed by atoms with Crippen LogP contribution in [0.5, 0.6) is 0 Å². The standard InChI is InChI=1S/C13H16N2/c14-10-13-8-4-5-9-15(13)11-12-6-2-1-3-7-12/h1-3,6-7,13H,4-5,8-9,11H2. The Kier molecular flexibility index (Phi) is 3.37. The summed E-state index contributed by atoms with van der Waals surface area (Å²) in [5.74, 6) is 0. The number of rotatable bonds is 2. The summed E-state index contributed by atoms with van der Waals surface area (Å²) >= 11 is 0. The third-order valence-electron chi connectivity index (χ3n) is 2.99. The predicted octanol–water partition coefficient (Wildman–Crippen LogP) is 2.56. The molecular weight excluding hydrogens is 184 g/mol. The van der Waals surface area contributed by atoms with Gasteiger partial charge in [0.15, 0.2) is 0 Å². The van der Waals surface area contributed by atoms with Crippen LogP contribution in [-0.4, -0.2) is 17.5 Å². The fourth-order valence-corrected chi connectivity index (χ4v) is 2.14. The van der Waals surface area contributed by atoms with Crippen molar-refractivity contribution in [3.63, 3.8) is 0 Å². The summed E-state index contributed by atoms with van der Waals surface area (Å²) in [4.78, 5) is 2.29. The first kappa shape index (κ1) is 10.2. The molecule has 2 heteroatoms. The molecule has 1 unspecified atom stereocenters. The van der Waals surface area contributed by atoms with E-state index in [-0.39, 0.29) is 6.04 Å². The van der Waals surface area contributed by atoms with Gasteiger partial charge in [0.1, 0.15) is 0 Å². The minimum atomic E-state index is 0.124. The van der Waals surface area contributed by atoms with E-state index in [1.165, 1.54) is 18.4 Å². The van der Waals surface area contributed by atoms with E-state index in [0.29, 0.717) is 0 Å². The molecule has 0 bridgehead atoms. The maximum absolute atomic E-state index is 9.05. The molecule has 15 heavy (non-hydrogen) atoms. The van der Waals surface area contributed by atoms with Crippen LogP contribution >= 0.6 is 0 Å². The Bertz CT molecular complexity index is 339. The molecule has 1 aromatic rings. The first-order valence-electron chi connectivity index (χ1n) is 5.58. The van der Waals surface area contributed by atoms with E-state index in [2.05, 4.69) is 35.2 Å². The summed E-state index contributed by atoms with van der Waals surface area (Å²) in [6.07, 6.45) is 3.46. The molecule has 0 aromatic heterocycles. The third-order valence-corrected chi connectivity index (χ3v) is 2.99. The van der Waals surface area contributed by atoms with Gasteiger partial charge >= 0.3 is 0 Å². The number of nitriles is 1. The van der Waals surface area contributed by atoms with Gasteiger partial charge in [-0.3, -0.25) is 4.90 Å². The SMILES string of the molecule is N#CC1CCCCN1Cc1ccccc1. The van der Waals surface area contributed by atoms with Crippen LogP contribution < -0.4 is 0 Å². The van der Waals surface area contributed by atoms with Gasteiger partial charge in [-0.2, -0.15) is 5.26 Å². The van der Waals surface area contributed by atoms with Crippen LogP contribution in [0.4, 0.5) is 0 Å². The molecule has 78 valence electrons. The summed E-state index contributed by atoms with van der Waals surface area (Å²) < 4.78 is 0. The smallest absolute Gasteiger partial charge is 0.0980 e. The van der Waals surface area contributed by atoms with Crippen LogP contribution in [0.25, 0.3) is 0 Å². The quantitative estimate of drug-likeness (QED) is 0.733. The van der Waals surface area contributed by atoms with Gasteiger partial charge in [-0.15, -0.1) is 0 Å². The van der Waals surface area contributed by atoms with Crippen LogP contribution in [-0.2, 0) is 6.54 Å². The molecule has 2 nitrogen and oxygen atoms in total. The monoisotopic (exact) mass is 200 g/mol. The summed E-state index contributed by atoms with van der Waals surface area (Å²) in [5, 5.41) is 9.05. The van der Waals surface area contributed by atoms with E-state index >= 15 is 0 Å². The molecule has 0 saturated carbocycles. The van der Waals surface area contributed by atoms with Gasteiger partial charge in [-0.05, 0) is 31.4 Å². The molecule has 0 radical (unpaired) electrons. The molecule has 1 aromatic carbocycles. The van der Waals surface area contributed by atoms with Crippen molar-refractivity contribution in [3.8, 4) is 6.07 Å². The number of nitrogens with zero attached hydrogens (tertiary/aromatic N) is 2. The van der Waals surface area contributed by atoms with E-state index < -0.39 is 0 Å². The van der Waals surface area contributed by atoms with Gasteiger partial charge in [0, 0.05) is 6.54 Å². The fourth-order valence-electron chi connectivity index (χ4n) is 2.14. The van der Waals surface area contributed by atoms with Crippen molar-refractivity contribution < 1.29 is 0 Å². The number of piperidine rings is 1. The Morgan fingerprint density at radius 2 is 2.07 bits per heavy atom. The Labute approximate surface area is 91.1 Å². The second kappa shape index (κ2) is 4.95. The largest absolute Gasteiger partial charge is 0.284 e. The molecule has 1 fully saturated rings. The molecular formula is C13H16N2. The molecule has 2 rings (SSSR count). The minimum Gasteiger partial charge on any atom is -0.284 e. The molecule has 1 heterocycles. The maximum atomic E-state index is 9.05. The Morgan fingerprint density at radius 1 is 1.27 bits per heavy atom. The zero-order chi connectivity index (χ0) is 10.5. The van der Waals surface area contributed by atoms with Gasteiger partial charge in [0.05, 0.1) is 12.1 Å². The number of likely N-dealkylation sites (tertiary alicyclic amines) is 1. The lowest BCUT2D eigenvalue weighted by molar-refractivity contribution is 0.176. The molecule has 0 aliphatic carbocycles. The van der Waals surface area contributed by atoms with Gasteiger partial charge in [0.25, 0.3) is 0 Å². The summed E-state index contributed by atoms with van der Waals surface area (Å²) in [6.45, 7) is 1.98. The van der Waals surface area contributed by atoms with E-state index in [9.17, 15) is 0 Å². The summed E-state index contributed by atoms with van der Waals surface area (Å²) in [5.41, 5.74) is 1.31. The first-order chi connectivity index (χ1) is 7.40. The van der Waals surface area contributed by atoms with Crippen LogP contribution in [0, 0.1) is 11.3 Å². The average Bonchev–Trinajstić information content (AvgIpc) is 2.31. The highest BCUT2D eigenvalue weighted by Crippen LogP contribution is 2.18. The Morgan fingerprint density at radius 3 is 2.80 bits per heavy atom. The number of hydrogen-bond donors (Lipinski definition) is 0. The predicted molar refractivity (Wildman–Crippen MR) is 60.1 cm³/mol. The highest BCUT2D eigenvalue weighted by atomic mass is 15.2. The second-order valence-corrected chi connectivity index (χ2v) is 4.10. The van der Waals surface area contributed by atoms with Crippen LogP contribution in [0.1, 0.15) is 24.8 Å². The average molecular weight is 200 g/mol. The normalized spacial score (nSPS) is 22.2. The lowest BCUT2D eigenvalue weighted by Crippen LogP contribution is -2.37. The number of benzene rings is 1. The zero-order valence-corrected chi connectivity index (χ0v) is 8.89. The van der Waals surface area contributed by atoms with E-state index in [1.54, 1.807) is 0 Å². The summed E-state index contributed by atoms with van der Waals surface area (Å²) in [7, 11) is 0. The highest BCUT2D eigenvalue weighted by molar-refractivity contribution is 5.15. The van der Waals surface area contributed by atoms with Crippen LogP contribution in [0.3, 0.4) is 0 Å². The van der Waals surface area contributed by atoms with Crippen molar-refractivity contribution in [2.45, 2.75) is 31.8 Å². The van der Waals surface area contributed by atoms with Crippen LogP contribution in [0.2, 0.25) is 0 Å². The van der Waals surface area contributed by atoms with Crippen molar-refractivity contribution in [1.82, 2.24) is 4.90 Å². The van der Waals surface area contributed by atoms with E-state index in [4.69, 9.17) is 5.26 Å². The molecule has 1 aliphatic rings. The van der Waals surface area contributed by atoms with Gasteiger partial charge in [0.2, 0.25) is 0 Å². The maximum Gasteiger partial charge on any atom is 0.0980 e. The van der Waals surface area contributed by atoms with Crippen molar-refractivity contribution in [2.75, 3.05) is 6.54 Å². The Hall–Kier alpha value is -1.33. The number of hydrogen-bond acceptors (Lipinski definition) is 2. The van der Waals surface area contributed by atoms with Gasteiger partial charge in [-0.1, -0.05) is 30.3 Å². The molecule has 1 saturated heterocycles. The molecule has 0 amide bonds. The van der Waals surface area contributed by atoms with E-state index in [1.807, 2.05) is 6.07 Å². The molecule has 0 N–H and O–H groups in total. The van der Waals surface area contributed by atoms with Crippen molar-refractivity contribution in [1.29, 1.82) is 5.26 Å². The second-order valence-electron chi connectivity index (χ2n) is 4.10.